The summed E-state index contributed by atoms with van der Waals surface area (Å²) in [7, 11) is 3.55. The Bertz CT molecular complexity index is 591. The van der Waals surface area contributed by atoms with Crippen LogP contribution >= 0.6 is 11.3 Å². The molecule has 0 aromatic carbocycles. The van der Waals surface area contributed by atoms with E-state index < -0.39 is 0 Å². The fourth-order valence-electron chi connectivity index (χ4n) is 3.89. The molecule has 0 unspecified atom stereocenters. The number of hydrogen-bond donors (Lipinski definition) is 0. The van der Waals surface area contributed by atoms with Gasteiger partial charge in [-0.1, -0.05) is 0 Å². The monoisotopic (exact) mass is 379 g/mol. The van der Waals surface area contributed by atoms with Crippen LogP contribution in [0, 0.1) is 5.92 Å². The molecule has 1 amide bonds. The van der Waals surface area contributed by atoms with Gasteiger partial charge >= 0.3 is 5.97 Å². The summed E-state index contributed by atoms with van der Waals surface area (Å²) in [5.41, 5.74) is 1.01. The highest BCUT2D eigenvalue weighted by molar-refractivity contribution is 7.08. The molecule has 3 heterocycles. The number of carbonyl (C=O) groups is 2. The van der Waals surface area contributed by atoms with Gasteiger partial charge in [-0.2, -0.15) is 11.3 Å². The molecule has 26 heavy (non-hydrogen) atoms. The molecule has 2 saturated heterocycles. The van der Waals surface area contributed by atoms with E-state index >= 15 is 0 Å². The maximum atomic E-state index is 12.6. The van der Waals surface area contributed by atoms with Gasteiger partial charge in [0.15, 0.2) is 0 Å². The molecule has 0 aliphatic carbocycles. The minimum absolute atomic E-state index is 0.199. The van der Waals surface area contributed by atoms with Gasteiger partial charge in [0.05, 0.1) is 7.11 Å². The van der Waals surface area contributed by atoms with E-state index in [1.165, 1.54) is 7.11 Å². The van der Waals surface area contributed by atoms with Crippen molar-refractivity contribution in [1.29, 1.82) is 0 Å². The number of hydrogen-bond acceptors (Lipinski definition) is 6. The minimum atomic E-state index is -0.319. The topological polar surface area (TPSA) is 53.1 Å². The third-order valence-corrected chi connectivity index (χ3v) is 6.32. The fraction of sp³-hybridized carbons (Fsp3) is 0.684. The van der Waals surface area contributed by atoms with Crippen LogP contribution in [0.5, 0.6) is 0 Å². The third kappa shape index (κ3) is 4.64. The zero-order valence-electron chi connectivity index (χ0n) is 15.7. The first kappa shape index (κ1) is 19.3. The van der Waals surface area contributed by atoms with Crippen LogP contribution in [0.15, 0.2) is 16.8 Å². The summed E-state index contributed by atoms with van der Waals surface area (Å²) in [6.07, 6.45) is 2.55. The number of thiophene rings is 1. The third-order valence-electron chi connectivity index (χ3n) is 5.62. The van der Waals surface area contributed by atoms with Gasteiger partial charge in [-0.15, -0.1) is 0 Å². The largest absolute Gasteiger partial charge is 0.468 e. The van der Waals surface area contributed by atoms with Crippen LogP contribution in [0.25, 0.3) is 0 Å². The van der Waals surface area contributed by atoms with Crippen LogP contribution in [-0.4, -0.2) is 80.0 Å². The Hall–Kier alpha value is -1.44. The highest BCUT2D eigenvalue weighted by Gasteiger charge is 2.33. The molecular weight excluding hydrogens is 350 g/mol. The van der Waals surface area contributed by atoms with E-state index in [2.05, 4.69) is 16.8 Å². The highest BCUT2D eigenvalue weighted by Crippen LogP contribution is 2.30. The molecule has 1 aromatic heterocycles. The van der Waals surface area contributed by atoms with Crippen LogP contribution in [0.4, 0.5) is 0 Å². The van der Waals surface area contributed by atoms with Gasteiger partial charge in [0.2, 0.25) is 5.91 Å². The van der Waals surface area contributed by atoms with Crippen LogP contribution in [0.1, 0.15) is 30.9 Å². The Balaban J connectivity index is 1.51. The lowest BCUT2D eigenvalue weighted by atomic mass is 9.91. The van der Waals surface area contributed by atoms with E-state index in [4.69, 9.17) is 4.74 Å². The second kappa shape index (κ2) is 8.97. The zero-order chi connectivity index (χ0) is 18.5. The van der Waals surface area contributed by atoms with Crippen molar-refractivity contribution < 1.29 is 14.3 Å². The maximum Gasteiger partial charge on any atom is 0.327 e. The molecule has 2 aliphatic heterocycles. The molecule has 6 nitrogen and oxygen atoms in total. The fourth-order valence-corrected chi connectivity index (χ4v) is 4.56. The van der Waals surface area contributed by atoms with Crippen molar-refractivity contribution in [3.8, 4) is 0 Å². The molecule has 1 atom stereocenters. The summed E-state index contributed by atoms with van der Waals surface area (Å²) in [5.74, 6) is 0.508. The van der Waals surface area contributed by atoms with Crippen molar-refractivity contribution in [1.82, 2.24) is 14.7 Å². The van der Waals surface area contributed by atoms with E-state index in [-0.39, 0.29) is 12.0 Å². The molecule has 0 radical (unpaired) electrons. The quantitative estimate of drug-likeness (QED) is 0.731. The average molecular weight is 380 g/mol. The number of rotatable bonds is 5. The number of ether oxygens (including phenoxy) is 1. The van der Waals surface area contributed by atoms with Crippen molar-refractivity contribution in [2.24, 2.45) is 5.92 Å². The van der Waals surface area contributed by atoms with Gasteiger partial charge in [-0.25, -0.2) is 4.79 Å². The number of piperidine rings is 1. The molecule has 0 spiro atoms. The first-order valence-electron chi connectivity index (χ1n) is 9.38. The predicted molar refractivity (Wildman–Crippen MR) is 102 cm³/mol. The van der Waals surface area contributed by atoms with Crippen LogP contribution < -0.4 is 0 Å². The molecular formula is C19H29N3O3S. The summed E-state index contributed by atoms with van der Waals surface area (Å²) in [6, 6.07) is 1.68. The van der Waals surface area contributed by atoms with Gasteiger partial charge in [0.1, 0.15) is 6.04 Å². The number of amides is 1. The molecule has 3 rings (SSSR count). The van der Waals surface area contributed by atoms with E-state index in [0.717, 1.165) is 57.7 Å². The Morgan fingerprint density at radius 1 is 1.19 bits per heavy atom. The SMILES string of the molecule is COC(=O)[C@@H](c1ccsc1)N1CCC(CC(=O)N2CCN(C)CC2)CC1. The van der Waals surface area contributed by atoms with Crippen molar-refractivity contribution in [2.45, 2.75) is 25.3 Å². The van der Waals surface area contributed by atoms with Crippen molar-refractivity contribution >= 4 is 23.2 Å². The second-order valence-electron chi connectivity index (χ2n) is 7.35. The lowest BCUT2D eigenvalue weighted by Crippen LogP contribution is -2.48. The molecule has 0 saturated carbocycles. The van der Waals surface area contributed by atoms with Crippen molar-refractivity contribution in [3.63, 3.8) is 0 Å². The summed E-state index contributed by atoms with van der Waals surface area (Å²) >= 11 is 1.60. The average Bonchev–Trinajstić information content (AvgIpc) is 3.18. The van der Waals surface area contributed by atoms with Gasteiger partial charge in [-0.05, 0) is 61.3 Å². The number of nitrogens with zero attached hydrogens (tertiary/aromatic N) is 3. The highest BCUT2D eigenvalue weighted by atomic mass is 32.1. The van der Waals surface area contributed by atoms with Gasteiger partial charge in [0, 0.05) is 32.6 Å². The van der Waals surface area contributed by atoms with Crippen molar-refractivity contribution in [2.75, 3.05) is 53.4 Å². The Kier molecular flexibility index (Phi) is 6.67. The van der Waals surface area contributed by atoms with Crippen LogP contribution in [-0.2, 0) is 14.3 Å². The second-order valence-corrected chi connectivity index (χ2v) is 8.13. The Morgan fingerprint density at radius 3 is 2.46 bits per heavy atom. The van der Waals surface area contributed by atoms with E-state index in [1.54, 1.807) is 11.3 Å². The Morgan fingerprint density at radius 2 is 1.88 bits per heavy atom. The number of esters is 1. The van der Waals surface area contributed by atoms with Crippen molar-refractivity contribution in [3.05, 3.63) is 22.4 Å². The maximum absolute atomic E-state index is 12.6. The number of methoxy groups -OCH3 is 1. The molecule has 0 bridgehead atoms. The molecule has 144 valence electrons. The Labute approximate surface area is 159 Å². The van der Waals surface area contributed by atoms with E-state index in [0.29, 0.717) is 18.2 Å². The summed E-state index contributed by atoms with van der Waals surface area (Å²) < 4.78 is 5.03. The number of piperazine rings is 1. The molecule has 2 fully saturated rings. The molecule has 0 N–H and O–H groups in total. The number of carbonyl (C=O) groups excluding carboxylic acids is 2. The first-order chi connectivity index (χ1) is 12.6. The van der Waals surface area contributed by atoms with Gasteiger partial charge < -0.3 is 14.5 Å². The number of likely N-dealkylation sites (tertiary alicyclic amines) is 1. The first-order valence-corrected chi connectivity index (χ1v) is 10.3. The van der Waals surface area contributed by atoms with E-state index in [1.807, 2.05) is 21.7 Å². The smallest absolute Gasteiger partial charge is 0.327 e. The van der Waals surface area contributed by atoms with Gasteiger partial charge in [-0.3, -0.25) is 9.69 Å². The number of likely N-dealkylation sites (N-methyl/N-ethyl adjacent to an activating group) is 1. The molecule has 2 aliphatic rings. The summed E-state index contributed by atoms with van der Waals surface area (Å²) in [6.45, 7) is 5.28. The summed E-state index contributed by atoms with van der Waals surface area (Å²) in [4.78, 5) is 31.3. The lowest BCUT2D eigenvalue weighted by Gasteiger charge is -2.37. The van der Waals surface area contributed by atoms with Gasteiger partial charge in [0.25, 0.3) is 0 Å². The normalized spacial score (nSPS) is 21.5. The van der Waals surface area contributed by atoms with E-state index in [9.17, 15) is 9.59 Å². The molecule has 1 aromatic rings. The lowest BCUT2D eigenvalue weighted by molar-refractivity contribution is -0.148. The minimum Gasteiger partial charge on any atom is -0.468 e. The standard InChI is InChI=1S/C19H29N3O3S/c1-20-8-10-21(11-9-20)17(23)13-15-3-6-22(7-4-15)18(19(24)25-2)16-5-12-26-14-16/h5,12,14-15,18H,3-4,6-11,13H2,1-2H3/t18-/m1/s1. The zero-order valence-corrected chi connectivity index (χ0v) is 16.5. The van der Waals surface area contributed by atoms with Crippen LogP contribution in [0.2, 0.25) is 0 Å². The van der Waals surface area contributed by atoms with Crippen LogP contribution in [0.3, 0.4) is 0 Å². The predicted octanol–water partition coefficient (Wildman–Crippen LogP) is 1.84. The summed E-state index contributed by atoms with van der Waals surface area (Å²) in [5, 5.41) is 4.01. The molecule has 7 heteroatoms.